The Labute approximate surface area is 212 Å². The summed E-state index contributed by atoms with van der Waals surface area (Å²) >= 11 is 12.3. The molecule has 182 valence electrons. The van der Waals surface area contributed by atoms with E-state index in [2.05, 4.69) is 24.3 Å². The summed E-state index contributed by atoms with van der Waals surface area (Å²) in [5, 5.41) is 7.30. The van der Waals surface area contributed by atoms with Gasteiger partial charge >= 0.3 is 0 Å². The second kappa shape index (κ2) is 11.0. The number of carbonyl (C=O) groups excluding carboxylic acids is 1. The highest BCUT2D eigenvalue weighted by Gasteiger charge is 2.17. The summed E-state index contributed by atoms with van der Waals surface area (Å²) in [6, 6.07) is 15.6. The van der Waals surface area contributed by atoms with Gasteiger partial charge in [-0.05, 0) is 54.3 Å². The molecule has 0 aliphatic rings. The van der Waals surface area contributed by atoms with Crippen LogP contribution in [0.1, 0.15) is 53.6 Å². The minimum Gasteiger partial charge on any atom is -0.486 e. The molecule has 2 aromatic carbocycles. The van der Waals surface area contributed by atoms with Crippen LogP contribution in [0.25, 0.3) is 0 Å². The quantitative estimate of drug-likeness (QED) is 0.253. The lowest BCUT2D eigenvalue weighted by Gasteiger charge is -2.10. The molecule has 1 atom stereocenters. The molecule has 1 unspecified atom stereocenters. The number of anilines is 1. The summed E-state index contributed by atoms with van der Waals surface area (Å²) in [6.45, 7) is 4.57. The molecular formula is C26H24Cl2FN3O3. The van der Waals surface area contributed by atoms with Gasteiger partial charge in [-0.25, -0.2) is 4.39 Å². The zero-order valence-corrected chi connectivity index (χ0v) is 20.7. The normalized spacial score (nSPS) is 11.9. The minimum absolute atomic E-state index is 0.0572. The third kappa shape index (κ3) is 6.05. The van der Waals surface area contributed by atoms with E-state index in [1.165, 1.54) is 28.6 Å². The van der Waals surface area contributed by atoms with Crippen molar-refractivity contribution in [3.05, 3.63) is 99.3 Å². The number of nitrogens with one attached hydrogen (secondary N) is 1. The first-order valence-corrected chi connectivity index (χ1v) is 11.9. The number of benzene rings is 2. The Kier molecular flexibility index (Phi) is 7.78. The third-order valence-corrected chi connectivity index (χ3v) is 6.29. The average molecular weight is 516 g/mol. The van der Waals surface area contributed by atoms with E-state index in [4.69, 9.17) is 32.4 Å². The maximum absolute atomic E-state index is 14.1. The van der Waals surface area contributed by atoms with Crippen LogP contribution >= 0.6 is 23.2 Å². The molecule has 0 aliphatic heterocycles. The maximum Gasteiger partial charge on any atom is 0.292 e. The van der Waals surface area contributed by atoms with E-state index in [1.807, 2.05) is 24.3 Å². The van der Waals surface area contributed by atoms with Gasteiger partial charge in [-0.15, -0.1) is 0 Å². The number of furan rings is 1. The molecule has 0 saturated carbocycles. The highest BCUT2D eigenvalue weighted by Crippen LogP contribution is 2.25. The van der Waals surface area contributed by atoms with Gasteiger partial charge in [-0.3, -0.25) is 9.48 Å². The van der Waals surface area contributed by atoms with Crippen molar-refractivity contribution in [1.29, 1.82) is 0 Å². The van der Waals surface area contributed by atoms with Crippen LogP contribution in [-0.2, 0) is 13.2 Å². The van der Waals surface area contributed by atoms with Gasteiger partial charge in [0.05, 0.1) is 6.54 Å². The first-order valence-electron chi connectivity index (χ1n) is 11.1. The predicted molar refractivity (Wildman–Crippen MR) is 134 cm³/mol. The fourth-order valence-corrected chi connectivity index (χ4v) is 3.86. The summed E-state index contributed by atoms with van der Waals surface area (Å²) in [5.74, 6) is 0.932. The summed E-state index contributed by atoms with van der Waals surface area (Å²) in [4.78, 5) is 12.6. The van der Waals surface area contributed by atoms with E-state index in [1.54, 1.807) is 18.2 Å². The molecule has 0 radical (unpaired) electrons. The van der Waals surface area contributed by atoms with Crippen molar-refractivity contribution in [2.24, 2.45) is 0 Å². The van der Waals surface area contributed by atoms with Crippen molar-refractivity contribution in [3.8, 4) is 5.75 Å². The molecule has 6 nitrogen and oxygen atoms in total. The lowest BCUT2D eigenvalue weighted by atomic mass is 9.99. The van der Waals surface area contributed by atoms with Crippen LogP contribution in [0.15, 0.2) is 65.2 Å². The Bertz CT molecular complexity index is 1300. The highest BCUT2D eigenvalue weighted by atomic mass is 35.5. The first-order chi connectivity index (χ1) is 16.8. The topological polar surface area (TPSA) is 69.3 Å². The van der Waals surface area contributed by atoms with Gasteiger partial charge < -0.3 is 14.5 Å². The largest absolute Gasteiger partial charge is 0.486 e. The van der Waals surface area contributed by atoms with Gasteiger partial charge in [0.1, 0.15) is 29.0 Å². The molecule has 4 aromatic rings. The third-order valence-electron chi connectivity index (χ3n) is 5.66. The maximum atomic E-state index is 14.1. The highest BCUT2D eigenvalue weighted by molar-refractivity contribution is 6.33. The summed E-state index contributed by atoms with van der Waals surface area (Å²) < 4.78 is 26.8. The fourth-order valence-electron chi connectivity index (χ4n) is 3.44. The molecule has 2 heterocycles. The monoisotopic (exact) mass is 515 g/mol. The van der Waals surface area contributed by atoms with Crippen molar-refractivity contribution in [2.75, 3.05) is 5.32 Å². The van der Waals surface area contributed by atoms with Crippen LogP contribution in [0.4, 0.5) is 10.2 Å². The molecule has 35 heavy (non-hydrogen) atoms. The predicted octanol–water partition coefficient (Wildman–Crippen LogP) is 7.32. The first kappa shape index (κ1) is 24.8. The van der Waals surface area contributed by atoms with E-state index in [0.29, 0.717) is 17.4 Å². The smallest absolute Gasteiger partial charge is 0.292 e. The molecule has 0 bridgehead atoms. The molecule has 0 saturated heterocycles. The van der Waals surface area contributed by atoms with E-state index in [-0.39, 0.29) is 40.3 Å². The van der Waals surface area contributed by atoms with Gasteiger partial charge in [-0.2, -0.15) is 5.10 Å². The van der Waals surface area contributed by atoms with Crippen LogP contribution in [0.2, 0.25) is 10.0 Å². The number of rotatable bonds is 9. The van der Waals surface area contributed by atoms with Crippen molar-refractivity contribution >= 4 is 34.9 Å². The van der Waals surface area contributed by atoms with E-state index >= 15 is 0 Å². The van der Waals surface area contributed by atoms with Gasteiger partial charge in [0.2, 0.25) is 0 Å². The molecule has 1 N–H and O–H groups in total. The molecular weight excluding hydrogens is 492 g/mol. The number of aromatic nitrogens is 2. The summed E-state index contributed by atoms with van der Waals surface area (Å²) in [7, 11) is 0. The molecule has 1 amide bonds. The van der Waals surface area contributed by atoms with Gasteiger partial charge in [0.15, 0.2) is 11.6 Å². The Morgan fingerprint density at radius 1 is 1.14 bits per heavy atom. The molecule has 2 aromatic heterocycles. The van der Waals surface area contributed by atoms with Crippen LogP contribution < -0.4 is 10.1 Å². The zero-order chi connectivity index (χ0) is 24.9. The number of amides is 1. The molecule has 0 aliphatic carbocycles. The number of hydrogen-bond donors (Lipinski definition) is 1. The van der Waals surface area contributed by atoms with E-state index in [0.717, 1.165) is 6.42 Å². The number of halogens is 3. The Hall–Kier alpha value is -3.29. The lowest BCUT2D eigenvalue weighted by Crippen LogP contribution is -2.12. The molecule has 9 heteroatoms. The second-order valence-electron chi connectivity index (χ2n) is 8.11. The Balaban J connectivity index is 1.36. The van der Waals surface area contributed by atoms with E-state index < -0.39 is 11.7 Å². The molecule has 0 spiro atoms. The van der Waals surface area contributed by atoms with Gasteiger partial charge in [0, 0.05) is 16.8 Å². The second-order valence-corrected chi connectivity index (χ2v) is 8.92. The summed E-state index contributed by atoms with van der Waals surface area (Å²) in [6.07, 6.45) is 2.55. The number of hydrogen-bond acceptors (Lipinski definition) is 4. The summed E-state index contributed by atoms with van der Waals surface area (Å²) in [5.41, 5.74) is 1.53. The van der Waals surface area contributed by atoms with E-state index in [9.17, 15) is 9.18 Å². The SMILES string of the molecule is CCC(C)c1ccc(OCc2ccc(C(=O)Nc3nn(Cc4c(F)cccc4Cl)cc3Cl)o2)cc1. The van der Waals surface area contributed by atoms with Crippen molar-refractivity contribution in [3.63, 3.8) is 0 Å². The van der Waals surface area contributed by atoms with Crippen LogP contribution in [0.5, 0.6) is 5.75 Å². The molecule has 4 rings (SSSR count). The van der Waals surface area contributed by atoms with Crippen molar-refractivity contribution in [2.45, 2.75) is 39.3 Å². The number of nitrogens with zero attached hydrogens (tertiary/aromatic N) is 2. The van der Waals surface area contributed by atoms with Crippen molar-refractivity contribution in [1.82, 2.24) is 9.78 Å². The number of ether oxygens (including phenoxy) is 1. The van der Waals surface area contributed by atoms with Crippen LogP contribution in [-0.4, -0.2) is 15.7 Å². The standard InChI is InChI=1S/C26H24Cl2FN3O3/c1-3-16(2)17-7-9-18(10-8-17)34-15-19-11-12-24(35-19)26(33)30-25-22(28)14-32(31-25)13-20-21(27)5-4-6-23(20)29/h4-12,14,16H,3,13,15H2,1-2H3,(H,30,31,33). The Morgan fingerprint density at radius 2 is 1.91 bits per heavy atom. The van der Waals surface area contributed by atoms with Gasteiger partial charge in [0.25, 0.3) is 5.91 Å². The van der Waals surface area contributed by atoms with Crippen LogP contribution in [0.3, 0.4) is 0 Å². The minimum atomic E-state index is -0.523. The lowest BCUT2D eigenvalue weighted by molar-refractivity contribution is 0.0992. The number of carbonyl (C=O) groups is 1. The Morgan fingerprint density at radius 3 is 2.63 bits per heavy atom. The zero-order valence-electron chi connectivity index (χ0n) is 19.2. The van der Waals surface area contributed by atoms with Crippen LogP contribution in [0, 0.1) is 5.82 Å². The van der Waals surface area contributed by atoms with Gasteiger partial charge in [-0.1, -0.05) is 55.2 Å². The molecule has 0 fully saturated rings. The average Bonchev–Trinajstić information content (AvgIpc) is 3.46. The van der Waals surface area contributed by atoms with Crippen molar-refractivity contribution < 1.29 is 18.3 Å². The fraction of sp³-hybridized carbons (Fsp3) is 0.231.